The van der Waals surface area contributed by atoms with Crippen LogP contribution in [-0.2, 0) is 13.0 Å². The highest BCUT2D eigenvalue weighted by atomic mass is 79.9. The van der Waals surface area contributed by atoms with Crippen LogP contribution >= 0.6 is 38.9 Å². The Morgan fingerprint density at radius 2 is 2.25 bits per heavy atom. The van der Waals surface area contributed by atoms with Crippen molar-refractivity contribution in [2.45, 2.75) is 19.9 Å². The van der Waals surface area contributed by atoms with Crippen LogP contribution in [0.15, 0.2) is 22.1 Å². The number of rotatable bonds is 4. The number of alkyl halides is 1. The van der Waals surface area contributed by atoms with Crippen molar-refractivity contribution in [2.75, 3.05) is 5.88 Å². The smallest absolute Gasteiger partial charge is 0.160 e. The van der Waals surface area contributed by atoms with Crippen molar-refractivity contribution < 1.29 is 0 Å². The van der Waals surface area contributed by atoms with E-state index in [1.807, 2.05) is 13.0 Å². The van der Waals surface area contributed by atoms with E-state index in [0.29, 0.717) is 12.4 Å². The molecule has 3 aromatic heterocycles. The Balaban J connectivity index is 2.08. The van der Waals surface area contributed by atoms with Crippen molar-refractivity contribution in [3.05, 3.63) is 38.6 Å². The summed E-state index contributed by atoms with van der Waals surface area (Å²) in [6.45, 7) is 2.69. The molecule has 0 aliphatic rings. The fourth-order valence-electron chi connectivity index (χ4n) is 2.09. The molecular weight excluding hydrogens is 360 g/mol. The van der Waals surface area contributed by atoms with E-state index in [1.165, 1.54) is 0 Å². The lowest BCUT2D eigenvalue weighted by molar-refractivity contribution is 0.742. The van der Waals surface area contributed by atoms with Gasteiger partial charge in [-0.25, -0.2) is 15.0 Å². The maximum atomic E-state index is 5.88. The summed E-state index contributed by atoms with van der Waals surface area (Å²) in [5.41, 5.74) is 2.80. The molecule has 0 radical (unpaired) electrons. The van der Waals surface area contributed by atoms with E-state index in [-0.39, 0.29) is 0 Å². The summed E-state index contributed by atoms with van der Waals surface area (Å²) in [7, 11) is 0. The molecule has 7 heteroatoms. The Bertz CT molecular complexity index is 752. The van der Waals surface area contributed by atoms with E-state index in [1.54, 1.807) is 17.5 Å². The van der Waals surface area contributed by atoms with Gasteiger partial charge < -0.3 is 4.57 Å². The minimum atomic E-state index is 0.543. The quantitative estimate of drug-likeness (QED) is 0.655. The highest BCUT2D eigenvalue weighted by molar-refractivity contribution is 9.10. The van der Waals surface area contributed by atoms with Gasteiger partial charge in [-0.3, -0.25) is 0 Å². The van der Waals surface area contributed by atoms with Gasteiger partial charge in [0, 0.05) is 34.0 Å². The molecular formula is C13H12BrClN4S. The van der Waals surface area contributed by atoms with Gasteiger partial charge in [0.1, 0.15) is 16.3 Å². The summed E-state index contributed by atoms with van der Waals surface area (Å²) in [4.78, 5) is 13.6. The van der Waals surface area contributed by atoms with Gasteiger partial charge in [-0.15, -0.1) is 22.9 Å². The van der Waals surface area contributed by atoms with Gasteiger partial charge in [0.05, 0.1) is 6.54 Å². The van der Waals surface area contributed by atoms with Crippen LogP contribution in [0.5, 0.6) is 0 Å². The van der Waals surface area contributed by atoms with E-state index in [4.69, 9.17) is 11.6 Å². The zero-order valence-electron chi connectivity index (χ0n) is 10.8. The molecule has 0 bridgehead atoms. The summed E-state index contributed by atoms with van der Waals surface area (Å²) in [5, 5.41) is 3.11. The third-order valence-electron chi connectivity index (χ3n) is 2.91. The fraction of sp³-hybridized carbons (Fsp3) is 0.308. The van der Waals surface area contributed by atoms with E-state index in [0.717, 1.165) is 38.6 Å². The van der Waals surface area contributed by atoms with Crippen LogP contribution in [0.3, 0.4) is 0 Å². The maximum absolute atomic E-state index is 5.88. The zero-order chi connectivity index (χ0) is 14.1. The van der Waals surface area contributed by atoms with Gasteiger partial charge in [-0.2, -0.15) is 0 Å². The van der Waals surface area contributed by atoms with Gasteiger partial charge in [-0.1, -0.05) is 0 Å². The van der Waals surface area contributed by atoms with Crippen LogP contribution in [0.4, 0.5) is 0 Å². The number of thiazole rings is 1. The van der Waals surface area contributed by atoms with Crippen LogP contribution in [0.1, 0.15) is 16.5 Å². The molecule has 0 atom stereocenters. The van der Waals surface area contributed by atoms with Crippen LogP contribution in [0.25, 0.3) is 11.2 Å². The SMILES string of the molecule is Cc1csc(Cn2c(CCCl)nc3cc(Br)cnc32)n1. The second kappa shape index (κ2) is 5.79. The molecule has 104 valence electrons. The summed E-state index contributed by atoms with van der Waals surface area (Å²) in [5.74, 6) is 1.50. The molecule has 0 saturated heterocycles. The monoisotopic (exact) mass is 370 g/mol. The number of halogens is 2. The second-order valence-corrected chi connectivity index (χ2v) is 6.67. The lowest BCUT2D eigenvalue weighted by Gasteiger charge is -2.05. The predicted octanol–water partition coefficient (Wildman–Crippen LogP) is 3.79. The van der Waals surface area contributed by atoms with Gasteiger partial charge in [0.2, 0.25) is 0 Å². The predicted molar refractivity (Wildman–Crippen MR) is 85.6 cm³/mol. The van der Waals surface area contributed by atoms with Crippen molar-refractivity contribution in [1.82, 2.24) is 19.5 Å². The summed E-state index contributed by atoms with van der Waals surface area (Å²) < 4.78 is 3.03. The van der Waals surface area contributed by atoms with Gasteiger partial charge in [-0.05, 0) is 28.9 Å². The summed E-state index contributed by atoms with van der Waals surface area (Å²) >= 11 is 11.0. The highest BCUT2D eigenvalue weighted by Crippen LogP contribution is 2.21. The van der Waals surface area contributed by atoms with Gasteiger partial charge >= 0.3 is 0 Å². The van der Waals surface area contributed by atoms with Crippen LogP contribution in [0, 0.1) is 6.92 Å². The lowest BCUT2D eigenvalue weighted by Crippen LogP contribution is -2.06. The molecule has 0 spiro atoms. The molecule has 0 unspecified atom stereocenters. The van der Waals surface area contributed by atoms with E-state index < -0.39 is 0 Å². The number of fused-ring (bicyclic) bond motifs is 1. The molecule has 0 aromatic carbocycles. The summed E-state index contributed by atoms with van der Waals surface area (Å²) in [6.07, 6.45) is 2.51. The molecule has 0 fully saturated rings. The number of hydrogen-bond donors (Lipinski definition) is 0. The lowest BCUT2D eigenvalue weighted by atomic mass is 10.4. The van der Waals surface area contributed by atoms with Gasteiger partial charge in [0.15, 0.2) is 5.65 Å². The third kappa shape index (κ3) is 2.73. The minimum Gasteiger partial charge on any atom is -0.306 e. The molecule has 0 aliphatic carbocycles. The van der Waals surface area contributed by atoms with Crippen LogP contribution in [0.2, 0.25) is 0 Å². The minimum absolute atomic E-state index is 0.543. The number of pyridine rings is 1. The molecule has 3 aromatic rings. The number of nitrogens with zero attached hydrogens (tertiary/aromatic N) is 4. The normalized spacial score (nSPS) is 11.3. The van der Waals surface area contributed by atoms with Crippen LogP contribution < -0.4 is 0 Å². The van der Waals surface area contributed by atoms with Crippen molar-refractivity contribution in [3.8, 4) is 0 Å². The van der Waals surface area contributed by atoms with Crippen LogP contribution in [-0.4, -0.2) is 25.4 Å². The first kappa shape index (κ1) is 14.0. The number of aryl methyl sites for hydroxylation is 2. The molecule has 0 saturated carbocycles. The molecule has 0 amide bonds. The Morgan fingerprint density at radius 1 is 1.40 bits per heavy atom. The third-order valence-corrected chi connectivity index (χ3v) is 4.48. The Hall–Kier alpha value is -0.980. The number of hydrogen-bond acceptors (Lipinski definition) is 4. The topological polar surface area (TPSA) is 43.6 Å². The number of imidazole rings is 1. The van der Waals surface area contributed by atoms with E-state index in [2.05, 4.69) is 40.8 Å². The molecule has 4 nitrogen and oxygen atoms in total. The first-order valence-electron chi connectivity index (χ1n) is 6.15. The summed E-state index contributed by atoms with van der Waals surface area (Å²) in [6, 6.07) is 1.98. The maximum Gasteiger partial charge on any atom is 0.160 e. The zero-order valence-corrected chi connectivity index (χ0v) is 14.0. The number of aromatic nitrogens is 4. The molecule has 3 rings (SSSR count). The Morgan fingerprint density at radius 3 is 2.95 bits per heavy atom. The van der Waals surface area contributed by atoms with Crippen molar-refractivity contribution in [2.24, 2.45) is 0 Å². The van der Waals surface area contributed by atoms with E-state index >= 15 is 0 Å². The van der Waals surface area contributed by atoms with Crippen molar-refractivity contribution in [1.29, 1.82) is 0 Å². The molecule has 20 heavy (non-hydrogen) atoms. The average molecular weight is 372 g/mol. The van der Waals surface area contributed by atoms with Gasteiger partial charge in [0.25, 0.3) is 0 Å². The fourth-order valence-corrected chi connectivity index (χ4v) is 3.33. The molecule has 0 N–H and O–H groups in total. The first-order chi connectivity index (χ1) is 9.67. The first-order valence-corrected chi connectivity index (χ1v) is 8.35. The average Bonchev–Trinajstić information content (AvgIpc) is 2.95. The highest BCUT2D eigenvalue weighted by Gasteiger charge is 2.13. The molecule has 0 aliphatic heterocycles. The van der Waals surface area contributed by atoms with Crippen molar-refractivity contribution >= 4 is 50.0 Å². The largest absolute Gasteiger partial charge is 0.306 e. The standard InChI is InChI=1S/C13H12BrClN4S/c1-8-7-20-12(17-8)6-19-11(2-3-15)18-10-4-9(14)5-16-13(10)19/h4-5,7H,2-3,6H2,1H3. The van der Waals surface area contributed by atoms with E-state index in [9.17, 15) is 0 Å². The molecule has 3 heterocycles. The Kier molecular flexibility index (Phi) is 4.05. The van der Waals surface area contributed by atoms with Crippen molar-refractivity contribution in [3.63, 3.8) is 0 Å². The Labute approximate surface area is 134 Å². The second-order valence-electron chi connectivity index (χ2n) is 4.43.